The quantitative estimate of drug-likeness (QED) is 0.758. The van der Waals surface area contributed by atoms with Crippen molar-refractivity contribution in [2.24, 2.45) is 11.3 Å². The average molecular weight is 213 g/mol. The van der Waals surface area contributed by atoms with E-state index in [0.29, 0.717) is 18.2 Å². The molecule has 0 spiro atoms. The van der Waals surface area contributed by atoms with Crippen LogP contribution in [-0.2, 0) is 4.74 Å². The lowest BCUT2D eigenvalue weighted by Gasteiger charge is -2.52. The molecule has 4 unspecified atom stereocenters. The van der Waals surface area contributed by atoms with Crippen molar-refractivity contribution in [2.45, 2.75) is 65.6 Å². The van der Waals surface area contributed by atoms with E-state index in [1.807, 2.05) is 7.11 Å². The lowest BCUT2D eigenvalue weighted by molar-refractivity contribution is -0.101. The van der Waals surface area contributed by atoms with Gasteiger partial charge < -0.3 is 10.1 Å². The van der Waals surface area contributed by atoms with Crippen LogP contribution < -0.4 is 5.32 Å². The Bertz CT molecular complexity index is 203. The van der Waals surface area contributed by atoms with E-state index < -0.39 is 0 Å². The first-order valence-corrected chi connectivity index (χ1v) is 6.22. The molecule has 1 fully saturated rings. The Morgan fingerprint density at radius 3 is 2.40 bits per heavy atom. The van der Waals surface area contributed by atoms with Gasteiger partial charge in [0, 0.05) is 24.6 Å². The number of ether oxygens (including phenoxy) is 1. The third kappa shape index (κ3) is 2.54. The second-order valence-electron chi connectivity index (χ2n) is 5.67. The third-order valence-electron chi connectivity index (χ3n) is 4.42. The van der Waals surface area contributed by atoms with E-state index in [1.54, 1.807) is 0 Å². The molecule has 1 N–H and O–H groups in total. The van der Waals surface area contributed by atoms with E-state index >= 15 is 0 Å². The van der Waals surface area contributed by atoms with E-state index in [2.05, 4.69) is 39.9 Å². The van der Waals surface area contributed by atoms with Crippen LogP contribution in [0.3, 0.4) is 0 Å². The average Bonchev–Trinajstić information content (AvgIpc) is 2.21. The summed E-state index contributed by atoms with van der Waals surface area (Å²) in [6.45, 7) is 11.5. The standard InChI is InChI=1S/C13H27NO/c1-7-9(2)10(3)14-11-8-12(15-6)13(11,4)5/h9-12,14H,7-8H2,1-6H3. The monoisotopic (exact) mass is 213 g/mol. The van der Waals surface area contributed by atoms with Gasteiger partial charge in [-0.1, -0.05) is 34.1 Å². The number of nitrogens with one attached hydrogen (secondary N) is 1. The minimum atomic E-state index is 0.288. The Balaban J connectivity index is 2.42. The van der Waals surface area contributed by atoms with Crippen molar-refractivity contribution in [1.82, 2.24) is 5.32 Å². The van der Waals surface area contributed by atoms with Gasteiger partial charge in [0.2, 0.25) is 0 Å². The first kappa shape index (κ1) is 13.0. The van der Waals surface area contributed by atoms with Crippen LogP contribution in [0, 0.1) is 11.3 Å². The van der Waals surface area contributed by atoms with Crippen LogP contribution >= 0.6 is 0 Å². The van der Waals surface area contributed by atoms with Gasteiger partial charge in [-0.25, -0.2) is 0 Å². The topological polar surface area (TPSA) is 21.3 Å². The van der Waals surface area contributed by atoms with Crippen molar-refractivity contribution in [3.8, 4) is 0 Å². The van der Waals surface area contributed by atoms with Gasteiger partial charge in [0.15, 0.2) is 0 Å². The first-order valence-electron chi connectivity index (χ1n) is 6.22. The highest BCUT2D eigenvalue weighted by Gasteiger charge is 2.48. The van der Waals surface area contributed by atoms with Gasteiger partial charge in [0.05, 0.1) is 6.10 Å². The second kappa shape index (κ2) is 4.84. The Kier molecular flexibility index (Phi) is 4.19. The smallest absolute Gasteiger partial charge is 0.0652 e. The fraction of sp³-hybridized carbons (Fsp3) is 1.00. The molecule has 1 aliphatic carbocycles. The highest BCUT2D eigenvalue weighted by molar-refractivity contribution is 5.03. The molecule has 1 aliphatic rings. The minimum absolute atomic E-state index is 0.288. The molecule has 90 valence electrons. The van der Waals surface area contributed by atoms with Crippen molar-refractivity contribution in [2.75, 3.05) is 7.11 Å². The molecule has 0 bridgehead atoms. The van der Waals surface area contributed by atoms with Crippen LogP contribution in [0.5, 0.6) is 0 Å². The summed E-state index contributed by atoms with van der Waals surface area (Å²) >= 11 is 0. The van der Waals surface area contributed by atoms with Crippen molar-refractivity contribution >= 4 is 0 Å². The second-order valence-corrected chi connectivity index (χ2v) is 5.67. The Hall–Kier alpha value is -0.0800. The van der Waals surface area contributed by atoms with E-state index in [4.69, 9.17) is 4.74 Å². The van der Waals surface area contributed by atoms with Gasteiger partial charge in [-0.05, 0) is 19.3 Å². The molecule has 0 aliphatic heterocycles. The van der Waals surface area contributed by atoms with Crippen LogP contribution in [0.2, 0.25) is 0 Å². The van der Waals surface area contributed by atoms with Crippen LogP contribution in [0.25, 0.3) is 0 Å². The van der Waals surface area contributed by atoms with Crippen LogP contribution in [0.15, 0.2) is 0 Å². The summed E-state index contributed by atoms with van der Waals surface area (Å²) in [6, 6.07) is 1.23. The summed E-state index contributed by atoms with van der Waals surface area (Å²) in [7, 11) is 1.82. The lowest BCUT2D eigenvalue weighted by atomic mass is 9.64. The van der Waals surface area contributed by atoms with Gasteiger partial charge in [-0.15, -0.1) is 0 Å². The molecule has 0 saturated heterocycles. The zero-order chi connectivity index (χ0) is 11.6. The summed E-state index contributed by atoms with van der Waals surface area (Å²) in [6.07, 6.45) is 2.83. The van der Waals surface area contributed by atoms with Crippen molar-refractivity contribution in [3.05, 3.63) is 0 Å². The number of hydrogen-bond acceptors (Lipinski definition) is 2. The van der Waals surface area contributed by atoms with Crippen molar-refractivity contribution < 1.29 is 4.74 Å². The predicted octanol–water partition coefficient (Wildman–Crippen LogP) is 2.82. The maximum Gasteiger partial charge on any atom is 0.0652 e. The molecule has 1 rings (SSSR count). The molecule has 2 nitrogen and oxygen atoms in total. The van der Waals surface area contributed by atoms with Gasteiger partial charge in [0.25, 0.3) is 0 Å². The largest absolute Gasteiger partial charge is 0.381 e. The zero-order valence-electron chi connectivity index (χ0n) is 11.1. The molecule has 0 heterocycles. The van der Waals surface area contributed by atoms with Crippen LogP contribution in [0.1, 0.15) is 47.5 Å². The first-order chi connectivity index (χ1) is 6.93. The number of hydrogen-bond donors (Lipinski definition) is 1. The third-order valence-corrected chi connectivity index (χ3v) is 4.42. The number of rotatable bonds is 5. The molecule has 0 aromatic carbocycles. The van der Waals surface area contributed by atoms with E-state index in [-0.39, 0.29) is 5.41 Å². The fourth-order valence-corrected chi connectivity index (χ4v) is 2.40. The SMILES string of the molecule is CCC(C)C(C)NC1CC(OC)C1(C)C. The molecule has 15 heavy (non-hydrogen) atoms. The lowest BCUT2D eigenvalue weighted by Crippen LogP contribution is -2.62. The van der Waals surface area contributed by atoms with E-state index in [1.165, 1.54) is 6.42 Å². The summed E-state index contributed by atoms with van der Waals surface area (Å²) < 4.78 is 5.46. The normalized spacial score (nSPS) is 33.2. The fourth-order valence-electron chi connectivity index (χ4n) is 2.40. The molecule has 0 amide bonds. The maximum absolute atomic E-state index is 5.46. The zero-order valence-corrected chi connectivity index (χ0v) is 11.1. The highest BCUT2D eigenvalue weighted by atomic mass is 16.5. The molecule has 0 aromatic heterocycles. The Morgan fingerprint density at radius 2 is 2.00 bits per heavy atom. The molecule has 2 heteroatoms. The molecule has 0 radical (unpaired) electrons. The minimum Gasteiger partial charge on any atom is -0.381 e. The summed E-state index contributed by atoms with van der Waals surface area (Å²) in [5.41, 5.74) is 0.288. The predicted molar refractivity (Wildman–Crippen MR) is 65.0 cm³/mol. The Labute approximate surface area is 94.8 Å². The summed E-state index contributed by atoms with van der Waals surface area (Å²) in [5.74, 6) is 0.752. The van der Waals surface area contributed by atoms with Gasteiger partial charge in [-0.2, -0.15) is 0 Å². The van der Waals surface area contributed by atoms with Gasteiger partial charge in [-0.3, -0.25) is 0 Å². The van der Waals surface area contributed by atoms with E-state index in [0.717, 1.165) is 12.3 Å². The Morgan fingerprint density at radius 1 is 1.40 bits per heavy atom. The molecular formula is C13H27NO. The molecular weight excluding hydrogens is 186 g/mol. The van der Waals surface area contributed by atoms with Crippen molar-refractivity contribution in [3.63, 3.8) is 0 Å². The van der Waals surface area contributed by atoms with Gasteiger partial charge in [0.1, 0.15) is 0 Å². The maximum atomic E-state index is 5.46. The summed E-state index contributed by atoms with van der Waals surface area (Å²) in [5, 5.41) is 3.74. The summed E-state index contributed by atoms with van der Waals surface area (Å²) in [4.78, 5) is 0. The molecule has 0 aromatic rings. The molecule has 4 atom stereocenters. The van der Waals surface area contributed by atoms with Crippen molar-refractivity contribution in [1.29, 1.82) is 0 Å². The van der Waals surface area contributed by atoms with Gasteiger partial charge >= 0.3 is 0 Å². The molecule has 1 saturated carbocycles. The van der Waals surface area contributed by atoms with Crippen LogP contribution in [0.4, 0.5) is 0 Å². The highest BCUT2D eigenvalue weighted by Crippen LogP contribution is 2.42. The van der Waals surface area contributed by atoms with E-state index in [9.17, 15) is 0 Å². The number of methoxy groups -OCH3 is 1. The van der Waals surface area contributed by atoms with Crippen LogP contribution in [-0.4, -0.2) is 25.3 Å².